The molecule has 0 N–H and O–H groups in total. The van der Waals surface area contributed by atoms with Crippen LogP contribution in [-0.4, -0.2) is 28.7 Å². The number of rotatable bonds is 2. The third-order valence-corrected chi connectivity index (χ3v) is 3.99. The first-order valence-electron chi connectivity index (χ1n) is 5.13. The summed E-state index contributed by atoms with van der Waals surface area (Å²) in [4.78, 5) is 6.31. The molecule has 18 heavy (non-hydrogen) atoms. The molecule has 0 unspecified atom stereocenters. The molecule has 3 nitrogen and oxygen atoms in total. The topological polar surface area (TPSA) is 30.2 Å². The summed E-state index contributed by atoms with van der Waals surface area (Å²) in [5.74, 6) is -0.277. The molecule has 3 aromatic rings. The second-order valence-electron chi connectivity index (χ2n) is 3.64. The number of thioether (sulfide) groups is 1. The maximum Gasteiger partial charge on any atom is 0.211 e. The Hall–Kier alpha value is -1.34. The van der Waals surface area contributed by atoms with Gasteiger partial charge in [0.15, 0.2) is 7.85 Å². The maximum atomic E-state index is 13.9. The van der Waals surface area contributed by atoms with Crippen molar-refractivity contribution in [2.24, 2.45) is 0 Å². The van der Waals surface area contributed by atoms with Crippen molar-refractivity contribution in [3.05, 3.63) is 30.2 Å². The lowest BCUT2D eigenvalue weighted by atomic mass is 10.1. The van der Waals surface area contributed by atoms with Gasteiger partial charge in [-0.25, -0.2) is 13.9 Å². The lowest BCUT2D eigenvalue weighted by molar-refractivity contribution is 0.627. The van der Waals surface area contributed by atoms with E-state index in [0.717, 1.165) is 4.90 Å². The van der Waals surface area contributed by atoms with Gasteiger partial charge in [0.1, 0.15) is 5.82 Å². The fraction of sp³-hybridized carbons (Fsp3) is 0.0909. The number of aromatic nitrogens is 3. The monoisotopic (exact) mass is 275 g/mol. The molecular formula is C11H7BFN3S2. The second-order valence-corrected chi connectivity index (χ2v) is 5.51. The van der Waals surface area contributed by atoms with E-state index in [1.807, 2.05) is 12.3 Å². The highest BCUT2D eigenvalue weighted by molar-refractivity contribution is 7.98. The van der Waals surface area contributed by atoms with Crippen LogP contribution in [0.5, 0.6) is 0 Å². The number of imidazole rings is 1. The van der Waals surface area contributed by atoms with E-state index in [2.05, 4.69) is 10.1 Å². The normalized spacial score (nSPS) is 11.2. The van der Waals surface area contributed by atoms with Crippen LogP contribution in [0.25, 0.3) is 16.2 Å². The number of fused-ring (bicyclic) bond motifs is 1. The van der Waals surface area contributed by atoms with Crippen LogP contribution in [0.1, 0.15) is 0 Å². The number of hydrogen-bond donors (Lipinski definition) is 0. The summed E-state index contributed by atoms with van der Waals surface area (Å²) in [5.41, 5.74) is 1.04. The van der Waals surface area contributed by atoms with E-state index in [1.165, 1.54) is 29.2 Å². The zero-order valence-corrected chi connectivity index (χ0v) is 11.1. The van der Waals surface area contributed by atoms with Gasteiger partial charge in [-0.2, -0.15) is 5.10 Å². The average Bonchev–Trinajstić information content (AvgIpc) is 2.85. The van der Waals surface area contributed by atoms with Crippen molar-refractivity contribution in [3.8, 4) is 11.3 Å². The fourth-order valence-electron chi connectivity index (χ4n) is 1.68. The van der Waals surface area contributed by atoms with E-state index in [0.29, 0.717) is 21.1 Å². The summed E-state index contributed by atoms with van der Waals surface area (Å²) in [6, 6.07) is 5.12. The lowest BCUT2D eigenvalue weighted by Crippen LogP contribution is -2.00. The van der Waals surface area contributed by atoms with Crippen LogP contribution in [0.15, 0.2) is 29.3 Å². The molecule has 2 aromatic heterocycles. The molecule has 3 rings (SSSR count). The van der Waals surface area contributed by atoms with Crippen molar-refractivity contribution in [1.29, 1.82) is 0 Å². The molecular weight excluding hydrogens is 268 g/mol. The SMILES string of the molecule is [B]c1nn2cc(-c3ccc(SC)cc3F)nc2s1. The van der Waals surface area contributed by atoms with Gasteiger partial charge in [0.2, 0.25) is 4.96 Å². The van der Waals surface area contributed by atoms with Gasteiger partial charge >= 0.3 is 0 Å². The minimum absolute atomic E-state index is 0.277. The smallest absolute Gasteiger partial charge is 0.211 e. The summed E-state index contributed by atoms with van der Waals surface area (Å²) in [6.07, 6.45) is 3.59. The maximum absolute atomic E-state index is 13.9. The van der Waals surface area contributed by atoms with E-state index in [9.17, 15) is 4.39 Å². The standard InChI is InChI=1S/C11H7BFN3S2/c1-17-6-2-3-7(8(13)4-6)9-5-16-11(14-9)18-10(12)15-16/h2-5H,1H3. The van der Waals surface area contributed by atoms with Gasteiger partial charge in [0.25, 0.3) is 0 Å². The Morgan fingerprint density at radius 3 is 2.94 bits per heavy atom. The molecule has 0 aliphatic heterocycles. The lowest BCUT2D eigenvalue weighted by Gasteiger charge is -2.01. The average molecular weight is 275 g/mol. The van der Waals surface area contributed by atoms with Gasteiger partial charge < -0.3 is 0 Å². The number of halogens is 1. The van der Waals surface area contributed by atoms with Crippen molar-refractivity contribution in [2.45, 2.75) is 4.90 Å². The highest BCUT2D eigenvalue weighted by Gasteiger charge is 2.11. The van der Waals surface area contributed by atoms with E-state index in [4.69, 9.17) is 7.85 Å². The predicted octanol–water partition coefficient (Wildman–Crippen LogP) is 2.11. The molecule has 0 spiro atoms. The van der Waals surface area contributed by atoms with Crippen LogP contribution in [0, 0.1) is 5.82 Å². The minimum atomic E-state index is -0.277. The molecule has 0 aliphatic carbocycles. The van der Waals surface area contributed by atoms with Crippen LogP contribution in [0.3, 0.4) is 0 Å². The van der Waals surface area contributed by atoms with Crippen LogP contribution in [0.4, 0.5) is 4.39 Å². The number of nitrogens with zero attached hydrogens (tertiary/aromatic N) is 3. The highest BCUT2D eigenvalue weighted by atomic mass is 32.2. The Balaban J connectivity index is 2.10. The summed E-state index contributed by atoms with van der Waals surface area (Å²) >= 11 is 2.78. The van der Waals surface area contributed by atoms with Gasteiger partial charge in [-0.1, -0.05) is 11.3 Å². The van der Waals surface area contributed by atoms with E-state index < -0.39 is 0 Å². The second kappa shape index (κ2) is 4.40. The summed E-state index contributed by atoms with van der Waals surface area (Å²) in [6.45, 7) is 0. The van der Waals surface area contributed by atoms with Crippen molar-refractivity contribution < 1.29 is 4.39 Å². The number of benzene rings is 1. The number of hydrogen-bond acceptors (Lipinski definition) is 4. The minimum Gasteiger partial charge on any atom is -0.217 e. The van der Waals surface area contributed by atoms with Crippen molar-refractivity contribution in [1.82, 2.24) is 14.6 Å². The van der Waals surface area contributed by atoms with E-state index in [-0.39, 0.29) is 5.82 Å². The third kappa shape index (κ3) is 1.93. The largest absolute Gasteiger partial charge is 0.217 e. The van der Waals surface area contributed by atoms with E-state index >= 15 is 0 Å². The van der Waals surface area contributed by atoms with Gasteiger partial charge in [-0.3, -0.25) is 0 Å². The molecule has 2 radical (unpaired) electrons. The summed E-state index contributed by atoms with van der Waals surface area (Å²) in [7, 11) is 5.56. The first-order valence-corrected chi connectivity index (χ1v) is 7.17. The molecule has 0 fully saturated rings. The van der Waals surface area contributed by atoms with Gasteiger partial charge in [0, 0.05) is 10.5 Å². The predicted molar refractivity (Wildman–Crippen MR) is 73.4 cm³/mol. The molecule has 0 saturated carbocycles. The van der Waals surface area contributed by atoms with Gasteiger partial charge in [0.05, 0.1) is 16.8 Å². The zero-order chi connectivity index (χ0) is 12.7. The fourth-order valence-corrected chi connectivity index (χ4v) is 2.75. The quantitative estimate of drug-likeness (QED) is 0.530. The molecule has 7 heteroatoms. The zero-order valence-electron chi connectivity index (χ0n) is 9.42. The third-order valence-electron chi connectivity index (χ3n) is 2.51. The highest BCUT2D eigenvalue weighted by Crippen LogP contribution is 2.26. The van der Waals surface area contributed by atoms with Gasteiger partial charge in [-0.15, -0.1) is 11.8 Å². The first kappa shape index (κ1) is 11.7. The molecule has 0 saturated heterocycles. The first-order chi connectivity index (χ1) is 8.67. The Bertz CT molecular complexity index is 691. The van der Waals surface area contributed by atoms with E-state index in [1.54, 1.807) is 16.8 Å². The van der Waals surface area contributed by atoms with Crippen LogP contribution in [-0.2, 0) is 0 Å². The Kier molecular flexibility index (Phi) is 2.87. The molecule has 0 aliphatic rings. The van der Waals surface area contributed by atoms with Crippen molar-refractivity contribution in [2.75, 3.05) is 6.26 Å². The van der Waals surface area contributed by atoms with Crippen LogP contribution >= 0.6 is 23.1 Å². The molecule has 0 atom stereocenters. The Labute approximate surface area is 112 Å². The Morgan fingerprint density at radius 2 is 2.28 bits per heavy atom. The van der Waals surface area contributed by atoms with Crippen molar-refractivity contribution >= 4 is 40.8 Å². The Morgan fingerprint density at radius 1 is 1.44 bits per heavy atom. The molecule has 88 valence electrons. The summed E-state index contributed by atoms with van der Waals surface area (Å²) in [5, 5.41) is 4.05. The molecule has 0 amide bonds. The van der Waals surface area contributed by atoms with Crippen molar-refractivity contribution in [3.63, 3.8) is 0 Å². The van der Waals surface area contributed by atoms with Crippen LogP contribution < -0.4 is 4.91 Å². The summed E-state index contributed by atoms with van der Waals surface area (Å²) < 4.78 is 15.5. The van der Waals surface area contributed by atoms with Crippen LogP contribution in [0.2, 0.25) is 0 Å². The molecule has 2 heterocycles. The molecule has 1 aromatic carbocycles. The molecule has 0 bridgehead atoms. The van der Waals surface area contributed by atoms with Gasteiger partial charge in [-0.05, 0) is 24.5 Å².